The molecular formula is C16H32N2. The Kier molecular flexibility index (Phi) is 5.87. The second-order valence-corrected chi connectivity index (χ2v) is 6.46. The SMILES string of the molecule is CCC(C)C1CNC(C)(CC)CN1CC=C(C)C. The summed E-state index contributed by atoms with van der Waals surface area (Å²) in [6.45, 7) is 17.1. The third-order valence-electron chi connectivity index (χ3n) is 4.57. The maximum Gasteiger partial charge on any atom is 0.0278 e. The maximum atomic E-state index is 3.77. The molecule has 1 aliphatic heterocycles. The van der Waals surface area contributed by atoms with Crippen LogP contribution in [0.5, 0.6) is 0 Å². The van der Waals surface area contributed by atoms with Gasteiger partial charge in [-0.15, -0.1) is 0 Å². The summed E-state index contributed by atoms with van der Waals surface area (Å²) >= 11 is 0. The van der Waals surface area contributed by atoms with E-state index in [1.54, 1.807) is 0 Å². The van der Waals surface area contributed by atoms with Crippen LogP contribution in [0, 0.1) is 5.92 Å². The van der Waals surface area contributed by atoms with Gasteiger partial charge in [-0.25, -0.2) is 0 Å². The van der Waals surface area contributed by atoms with Gasteiger partial charge in [0.05, 0.1) is 0 Å². The molecule has 1 fully saturated rings. The van der Waals surface area contributed by atoms with Gasteiger partial charge in [0.15, 0.2) is 0 Å². The van der Waals surface area contributed by atoms with E-state index in [0.717, 1.165) is 19.0 Å². The lowest BCUT2D eigenvalue weighted by molar-refractivity contribution is 0.0650. The van der Waals surface area contributed by atoms with Crippen molar-refractivity contribution in [3.8, 4) is 0 Å². The lowest BCUT2D eigenvalue weighted by Crippen LogP contribution is -2.64. The van der Waals surface area contributed by atoms with Gasteiger partial charge in [0, 0.05) is 31.2 Å². The highest BCUT2D eigenvalue weighted by molar-refractivity contribution is 5.01. The predicted octanol–water partition coefficient (Wildman–Crippen LogP) is 3.44. The minimum atomic E-state index is 0.291. The minimum Gasteiger partial charge on any atom is -0.309 e. The van der Waals surface area contributed by atoms with E-state index in [0.29, 0.717) is 11.6 Å². The molecule has 3 atom stereocenters. The normalized spacial score (nSPS) is 31.1. The molecule has 1 aliphatic rings. The molecule has 0 aliphatic carbocycles. The quantitative estimate of drug-likeness (QED) is 0.754. The summed E-state index contributed by atoms with van der Waals surface area (Å²) in [6.07, 6.45) is 4.84. The molecule has 18 heavy (non-hydrogen) atoms. The van der Waals surface area contributed by atoms with Crippen molar-refractivity contribution < 1.29 is 0 Å². The van der Waals surface area contributed by atoms with Gasteiger partial charge in [-0.3, -0.25) is 4.90 Å². The van der Waals surface area contributed by atoms with E-state index < -0.39 is 0 Å². The average molecular weight is 252 g/mol. The van der Waals surface area contributed by atoms with Gasteiger partial charge in [-0.05, 0) is 33.1 Å². The molecule has 0 bridgehead atoms. The van der Waals surface area contributed by atoms with Crippen molar-refractivity contribution in [2.75, 3.05) is 19.6 Å². The molecule has 0 aromatic heterocycles. The van der Waals surface area contributed by atoms with Crippen LogP contribution in [0.4, 0.5) is 0 Å². The molecule has 0 aromatic carbocycles. The minimum absolute atomic E-state index is 0.291. The molecule has 2 heteroatoms. The first-order valence-electron chi connectivity index (χ1n) is 7.54. The fourth-order valence-electron chi connectivity index (χ4n) is 2.67. The van der Waals surface area contributed by atoms with Crippen LogP contribution >= 0.6 is 0 Å². The van der Waals surface area contributed by atoms with E-state index in [-0.39, 0.29) is 0 Å². The lowest BCUT2D eigenvalue weighted by Gasteiger charge is -2.47. The summed E-state index contributed by atoms with van der Waals surface area (Å²) in [7, 11) is 0. The number of nitrogens with zero attached hydrogens (tertiary/aromatic N) is 1. The Labute approximate surface area is 114 Å². The Morgan fingerprint density at radius 1 is 1.44 bits per heavy atom. The van der Waals surface area contributed by atoms with Crippen LogP contribution in [0.3, 0.4) is 0 Å². The van der Waals surface area contributed by atoms with Crippen molar-refractivity contribution in [2.24, 2.45) is 5.92 Å². The summed E-state index contributed by atoms with van der Waals surface area (Å²) in [4.78, 5) is 2.68. The predicted molar refractivity (Wildman–Crippen MR) is 80.9 cm³/mol. The van der Waals surface area contributed by atoms with Crippen molar-refractivity contribution in [1.82, 2.24) is 10.2 Å². The summed E-state index contributed by atoms with van der Waals surface area (Å²) < 4.78 is 0. The molecule has 1 heterocycles. The Morgan fingerprint density at radius 2 is 2.11 bits per heavy atom. The van der Waals surface area contributed by atoms with E-state index in [1.165, 1.54) is 25.0 Å². The van der Waals surface area contributed by atoms with Crippen molar-refractivity contribution in [3.63, 3.8) is 0 Å². The molecule has 106 valence electrons. The van der Waals surface area contributed by atoms with E-state index in [9.17, 15) is 0 Å². The topological polar surface area (TPSA) is 15.3 Å². The Bertz CT molecular complexity index is 281. The Morgan fingerprint density at radius 3 is 2.61 bits per heavy atom. The molecule has 0 saturated carbocycles. The molecule has 1 N–H and O–H groups in total. The molecule has 1 saturated heterocycles. The van der Waals surface area contributed by atoms with Crippen LogP contribution in [-0.4, -0.2) is 36.1 Å². The highest BCUT2D eigenvalue weighted by atomic mass is 15.2. The second kappa shape index (κ2) is 6.72. The zero-order valence-corrected chi connectivity index (χ0v) is 13.2. The Hall–Kier alpha value is -0.340. The number of nitrogens with one attached hydrogen (secondary N) is 1. The van der Waals surface area contributed by atoms with Crippen molar-refractivity contribution in [1.29, 1.82) is 0 Å². The van der Waals surface area contributed by atoms with Crippen LogP contribution in [-0.2, 0) is 0 Å². The fourth-order valence-corrected chi connectivity index (χ4v) is 2.67. The first-order chi connectivity index (χ1) is 8.41. The molecule has 1 rings (SSSR count). The summed E-state index contributed by atoms with van der Waals surface area (Å²) in [5.41, 5.74) is 1.72. The van der Waals surface area contributed by atoms with Gasteiger partial charge >= 0.3 is 0 Å². The highest BCUT2D eigenvalue weighted by Crippen LogP contribution is 2.24. The number of hydrogen-bond donors (Lipinski definition) is 1. The summed E-state index contributed by atoms with van der Waals surface area (Å²) in [5, 5.41) is 3.77. The zero-order chi connectivity index (χ0) is 13.8. The third-order valence-corrected chi connectivity index (χ3v) is 4.57. The lowest BCUT2D eigenvalue weighted by atomic mass is 9.88. The standard InChI is InChI=1S/C16H32N2/c1-7-14(5)15-11-17-16(6,8-2)12-18(15)10-9-13(3)4/h9,14-15,17H,7-8,10-12H2,1-6H3. The number of rotatable bonds is 5. The van der Waals surface area contributed by atoms with E-state index >= 15 is 0 Å². The van der Waals surface area contributed by atoms with Crippen molar-refractivity contribution >= 4 is 0 Å². The van der Waals surface area contributed by atoms with Gasteiger partial charge in [0.25, 0.3) is 0 Å². The van der Waals surface area contributed by atoms with Crippen LogP contribution < -0.4 is 5.32 Å². The Balaban J connectivity index is 2.76. The molecule has 0 spiro atoms. The molecule has 0 radical (unpaired) electrons. The molecule has 0 amide bonds. The molecular weight excluding hydrogens is 220 g/mol. The van der Waals surface area contributed by atoms with E-state index in [1.807, 2.05) is 0 Å². The van der Waals surface area contributed by atoms with Crippen LogP contribution in [0.25, 0.3) is 0 Å². The smallest absolute Gasteiger partial charge is 0.0278 e. The summed E-state index contributed by atoms with van der Waals surface area (Å²) in [5.74, 6) is 0.768. The van der Waals surface area contributed by atoms with Gasteiger partial charge in [0.1, 0.15) is 0 Å². The average Bonchev–Trinajstić information content (AvgIpc) is 2.35. The van der Waals surface area contributed by atoms with Gasteiger partial charge in [-0.1, -0.05) is 38.8 Å². The zero-order valence-electron chi connectivity index (χ0n) is 13.2. The van der Waals surface area contributed by atoms with Gasteiger partial charge in [0.2, 0.25) is 0 Å². The number of hydrogen-bond acceptors (Lipinski definition) is 2. The van der Waals surface area contributed by atoms with Crippen LogP contribution in [0.15, 0.2) is 11.6 Å². The third kappa shape index (κ3) is 4.10. The molecule has 3 unspecified atom stereocenters. The van der Waals surface area contributed by atoms with Crippen molar-refractivity contribution in [3.05, 3.63) is 11.6 Å². The van der Waals surface area contributed by atoms with E-state index in [2.05, 4.69) is 57.8 Å². The number of allylic oxidation sites excluding steroid dienone is 1. The maximum absolute atomic E-state index is 3.77. The fraction of sp³-hybridized carbons (Fsp3) is 0.875. The molecule has 2 nitrogen and oxygen atoms in total. The van der Waals surface area contributed by atoms with E-state index in [4.69, 9.17) is 0 Å². The van der Waals surface area contributed by atoms with Gasteiger partial charge < -0.3 is 5.32 Å². The second-order valence-electron chi connectivity index (χ2n) is 6.46. The van der Waals surface area contributed by atoms with Crippen molar-refractivity contribution in [2.45, 2.75) is 66.0 Å². The van der Waals surface area contributed by atoms with Crippen LogP contribution in [0.2, 0.25) is 0 Å². The first-order valence-corrected chi connectivity index (χ1v) is 7.54. The highest BCUT2D eigenvalue weighted by Gasteiger charge is 2.35. The first kappa shape index (κ1) is 15.7. The number of piperazine rings is 1. The molecule has 0 aromatic rings. The monoisotopic (exact) mass is 252 g/mol. The largest absolute Gasteiger partial charge is 0.309 e. The summed E-state index contributed by atoms with van der Waals surface area (Å²) in [6, 6.07) is 0.685. The van der Waals surface area contributed by atoms with Gasteiger partial charge in [-0.2, -0.15) is 0 Å². The van der Waals surface area contributed by atoms with Crippen LogP contribution in [0.1, 0.15) is 54.4 Å².